The molecule has 1 fully saturated rings. The van der Waals surface area contributed by atoms with Gasteiger partial charge in [0, 0.05) is 0 Å². The number of amides is 1. The monoisotopic (exact) mass is 257 g/mol. The standard InChI is InChI=1S/C13H23NO4/c1-7-10-9(8-15)14(13(5,6)17-10)11(16)18-12(2,3)4/h7,9-10,15H,1,8H2,2-6H3/t9-,10+/m0/s1. The summed E-state index contributed by atoms with van der Waals surface area (Å²) in [6, 6.07) is -0.465. The summed E-state index contributed by atoms with van der Waals surface area (Å²) in [4.78, 5) is 13.6. The summed E-state index contributed by atoms with van der Waals surface area (Å²) in [5.74, 6) is 0. The van der Waals surface area contributed by atoms with Crippen molar-refractivity contribution >= 4 is 6.09 Å². The highest BCUT2D eigenvalue weighted by Crippen LogP contribution is 2.33. The van der Waals surface area contributed by atoms with Gasteiger partial charge in [-0.3, -0.25) is 4.90 Å². The maximum atomic E-state index is 12.2. The minimum absolute atomic E-state index is 0.195. The van der Waals surface area contributed by atoms with Crippen molar-refractivity contribution in [2.45, 2.75) is 58.1 Å². The van der Waals surface area contributed by atoms with Gasteiger partial charge in [-0.05, 0) is 34.6 Å². The summed E-state index contributed by atoms with van der Waals surface area (Å²) in [6.07, 6.45) is 0.709. The Balaban J connectivity index is 2.96. The molecule has 1 heterocycles. The largest absolute Gasteiger partial charge is 0.444 e. The van der Waals surface area contributed by atoms with Crippen molar-refractivity contribution in [3.63, 3.8) is 0 Å². The third-order valence-electron chi connectivity index (χ3n) is 2.73. The highest BCUT2D eigenvalue weighted by Gasteiger charge is 2.49. The number of hydrogen-bond donors (Lipinski definition) is 1. The van der Waals surface area contributed by atoms with E-state index < -0.39 is 29.6 Å². The van der Waals surface area contributed by atoms with Crippen molar-refractivity contribution in [3.8, 4) is 0 Å². The smallest absolute Gasteiger partial charge is 0.413 e. The van der Waals surface area contributed by atoms with E-state index in [1.54, 1.807) is 40.7 Å². The molecule has 0 unspecified atom stereocenters. The summed E-state index contributed by atoms with van der Waals surface area (Å²) in [5.41, 5.74) is -1.41. The predicted molar refractivity (Wildman–Crippen MR) is 68.1 cm³/mol. The fourth-order valence-corrected chi connectivity index (χ4v) is 2.07. The van der Waals surface area contributed by atoms with Gasteiger partial charge in [-0.15, -0.1) is 6.58 Å². The molecule has 0 spiro atoms. The number of ether oxygens (including phenoxy) is 2. The van der Waals surface area contributed by atoms with E-state index in [4.69, 9.17) is 9.47 Å². The van der Waals surface area contributed by atoms with E-state index in [9.17, 15) is 9.90 Å². The van der Waals surface area contributed by atoms with Crippen LogP contribution in [0.15, 0.2) is 12.7 Å². The molecule has 5 heteroatoms. The van der Waals surface area contributed by atoms with Crippen LogP contribution in [0.25, 0.3) is 0 Å². The van der Waals surface area contributed by atoms with Crippen LogP contribution in [-0.2, 0) is 9.47 Å². The third kappa shape index (κ3) is 3.03. The molecule has 1 saturated heterocycles. The molecule has 0 aromatic carbocycles. The van der Waals surface area contributed by atoms with E-state index in [-0.39, 0.29) is 6.61 Å². The summed E-state index contributed by atoms with van der Waals surface area (Å²) in [6.45, 7) is 12.4. The lowest BCUT2D eigenvalue weighted by molar-refractivity contribution is -0.0723. The van der Waals surface area contributed by atoms with Gasteiger partial charge in [0.25, 0.3) is 0 Å². The zero-order valence-electron chi connectivity index (χ0n) is 11.8. The van der Waals surface area contributed by atoms with Crippen LogP contribution in [0.4, 0.5) is 4.79 Å². The molecular formula is C13H23NO4. The number of aliphatic hydroxyl groups excluding tert-OH is 1. The molecule has 0 radical (unpaired) electrons. The summed E-state index contributed by atoms with van der Waals surface area (Å²) < 4.78 is 11.0. The SMILES string of the molecule is C=C[C@H]1OC(C)(C)N(C(=O)OC(C)(C)C)[C@H]1CO. The highest BCUT2D eigenvalue weighted by molar-refractivity contribution is 5.70. The van der Waals surface area contributed by atoms with Crippen molar-refractivity contribution < 1.29 is 19.4 Å². The van der Waals surface area contributed by atoms with Crippen LogP contribution in [0.5, 0.6) is 0 Å². The summed E-state index contributed by atoms with van der Waals surface area (Å²) in [5, 5.41) is 9.44. The Morgan fingerprint density at radius 2 is 2.11 bits per heavy atom. The average molecular weight is 257 g/mol. The van der Waals surface area contributed by atoms with E-state index in [2.05, 4.69) is 6.58 Å². The molecule has 104 valence electrons. The van der Waals surface area contributed by atoms with Gasteiger partial charge in [-0.25, -0.2) is 4.79 Å². The van der Waals surface area contributed by atoms with Gasteiger partial charge in [0.15, 0.2) is 0 Å². The second-order valence-corrected chi connectivity index (χ2v) is 5.87. The van der Waals surface area contributed by atoms with Gasteiger partial charge >= 0.3 is 6.09 Å². The van der Waals surface area contributed by atoms with E-state index in [0.29, 0.717) is 0 Å². The topological polar surface area (TPSA) is 59.0 Å². The molecule has 0 aromatic heterocycles. The first kappa shape index (κ1) is 15.0. The van der Waals surface area contributed by atoms with E-state index in [0.717, 1.165) is 0 Å². The molecule has 1 N–H and O–H groups in total. The molecule has 1 rings (SSSR count). The van der Waals surface area contributed by atoms with Crippen molar-refractivity contribution in [2.75, 3.05) is 6.61 Å². The van der Waals surface area contributed by atoms with Crippen LogP contribution in [0, 0.1) is 0 Å². The Hall–Kier alpha value is -1.07. The second kappa shape index (κ2) is 4.90. The number of nitrogens with zero attached hydrogens (tertiary/aromatic N) is 1. The normalized spacial score (nSPS) is 27.1. The quantitative estimate of drug-likeness (QED) is 0.768. The fraction of sp³-hybridized carbons (Fsp3) is 0.769. The van der Waals surface area contributed by atoms with Crippen molar-refractivity contribution in [2.24, 2.45) is 0 Å². The zero-order chi connectivity index (χ0) is 14.1. The maximum Gasteiger partial charge on any atom is 0.413 e. The highest BCUT2D eigenvalue weighted by atomic mass is 16.6. The number of aliphatic hydroxyl groups is 1. The summed E-state index contributed by atoms with van der Waals surface area (Å²) >= 11 is 0. The Morgan fingerprint density at radius 3 is 2.50 bits per heavy atom. The zero-order valence-corrected chi connectivity index (χ0v) is 11.8. The molecule has 0 aliphatic carbocycles. The third-order valence-corrected chi connectivity index (χ3v) is 2.73. The maximum absolute atomic E-state index is 12.2. The van der Waals surface area contributed by atoms with Crippen molar-refractivity contribution in [3.05, 3.63) is 12.7 Å². The van der Waals surface area contributed by atoms with E-state index in [1.165, 1.54) is 4.90 Å². The first-order valence-electron chi connectivity index (χ1n) is 6.06. The number of carbonyl (C=O) groups excluding carboxylic acids is 1. The van der Waals surface area contributed by atoms with Gasteiger partial charge in [0.1, 0.15) is 17.4 Å². The van der Waals surface area contributed by atoms with Crippen LogP contribution in [-0.4, -0.2) is 46.2 Å². The molecule has 1 aliphatic rings. The lowest BCUT2D eigenvalue weighted by Crippen LogP contribution is -2.51. The predicted octanol–water partition coefficient (Wildman–Crippen LogP) is 1.91. The minimum Gasteiger partial charge on any atom is -0.444 e. The van der Waals surface area contributed by atoms with Crippen molar-refractivity contribution in [1.29, 1.82) is 0 Å². The van der Waals surface area contributed by atoms with Gasteiger partial charge in [-0.1, -0.05) is 6.08 Å². The number of hydrogen-bond acceptors (Lipinski definition) is 4. The molecule has 0 saturated carbocycles. The fourth-order valence-electron chi connectivity index (χ4n) is 2.07. The average Bonchev–Trinajstić information content (AvgIpc) is 2.45. The Labute approximate surface area is 108 Å². The lowest BCUT2D eigenvalue weighted by Gasteiger charge is -2.34. The molecule has 5 nitrogen and oxygen atoms in total. The van der Waals surface area contributed by atoms with Crippen LogP contribution in [0.3, 0.4) is 0 Å². The van der Waals surface area contributed by atoms with Crippen LogP contribution in [0.1, 0.15) is 34.6 Å². The molecular weight excluding hydrogens is 234 g/mol. The first-order chi connectivity index (χ1) is 8.12. The Kier molecular flexibility index (Phi) is 4.08. The van der Waals surface area contributed by atoms with Crippen LogP contribution in [0.2, 0.25) is 0 Å². The lowest BCUT2D eigenvalue weighted by atomic mass is 10.1. The minimum atomic E-state index is -0.825. The molecule has 0 aromatic rings. The molecule has 18 heavy (non-hydrogen) atoms. The second-order valence-electron chi connectivity index (χ2n) is 5.87. The van der Waals surface area contributed by atoms with Crippen molar-refractivity contribution in [1.82, 2.24) is 4.90 Å². The molecule has 2 atom stereocenters. The Bertz CT molecular complexity index is 332. The van der Waals surface area contributed by atoms with Crippen LogP contribution >= 0.6 is 0 Å². The van der Waals surface area contributed by atoms with E-state index >= 15 is 0 Å². The van der Waals surface area contributed by atoms with E-state index in [1.807, 2.05) is 0 Å². The number of rotatable bonds is 2. The first-order valence-corrected chi connectivity index (χ1v) is 6.06. The van der Waals surface area contributed by atoms with Gasteiger partial charge in [-0.2, -0.15) is 0 Å². The number of carbonyl (C=O) groups is 1. The van der Waals surface area contributed by atoms with Crippen LogP contribution < -0.4 is 0 Å². The van der Waals surface area contributed by atoms with Gasteiger partial charge in [0.2, 0.25) is 0 Å². The molecule has 0 bridgehead atoms. The molecule has 1 amide bonds. The summed E-state index contributed by atoms with van der Waals surface area (Å²) in [7, 11) is 0. The molecule has 1 aliphatic heterocycles. The van der Waals surface area contributed by atoms with Gasteiger partial charge < -0.3 is 14.6 Å². The Morgan fingerprint density at radius 1 is 1.56 bits per heavy atom. The van der Waals surface area contributed by atoms with Gasteiger partial charge in [0.05, 0.1) is 12.6 Å².